The number of nitrogens with one attached hydrogen (secondary N) is 1. The van der Waals surface area contributed by atoms with Crippen molar-refractivity contribution in [2.45, 2.75) is 51.6 Å². The number of aliphatic hydroxyl groups is 1. The van der Waals surface area contributed by atoms with Crippen LogP contribution in [0.4, 0.5) is 0 Å². The van der Waals surface area contributed by atoms with Gasteiger partial charge in [0.05, 0.1) is 17.3 Å². The molecule has 0 spiro atoms. The van der Waals surface area contributed by atoms with Gasteiger partial charge in [-0.1, -0.05) is 6.92 Å². The lowest BCUT2D eigenvalue weighted by Crippen LogP contribution is -2.36. The fourth-order valence-electron chi connectivity index (χ4n) is 2.29. The largest absolute Gasteiger partial charge is 0.395 e. The molecular formula is C12H20N2OS. The smallest absolute Gasteiger partial charge is 0.0900 e. The Bertz CT molecular complexity index is 347. The third-order valence-electron chi connectivity index (χ3n) is 3.21. The van der Waals surface area contributed by atoms with Crippen LogP contribution < -0.4 is 5.32 Å². The summed E-state index contributed by atoms with van der Waals surface area (Å²) in [5, 5.41) is 13.9. The molecule has 1 unspecified atom stereocenters. The molecule has 1 aromatic heterocycles. The van der Waals surface area contributed by atoms with E-state index in [9.17, 15) is 5.11 Å². The molecule has 0 aliphatic heterocycles. The van der Waals surface area contributed by atoms with E-state index in [2.05, 4.69) is 24.1 Å². The van der Waals surface area contributed by atoms with E-state index in [0.29, 0.717) is 6.04 Å². The standard InChI is InChI=1S/C12H20N2OS/c1-3-9(7-15)14-11-6-4-5-10-12(11)16-8(2)13-10/h9,11,14-15H,3-7H2,1-2H3/t9-,11?/m1/s1. The van der Waals surface area contributed by atoms with Crippen LogP contribution in [-0.2, 0) is 6.42 Å². The van der Waals surface area contributed by atoms with Crippen molar-refractivity contribution in [2.75, 3.05) is 6.61 Å². The summed E-state index contributed by atoms with van der Waals surface area (Å²) in [6, 6.07) is 0.630. The molecule has 1 aliphatic rings. The van der Waals surface area contributed by atoms with Crippen LogP contribution in [0, 0.1) is 6.92 Å². The first-order valence-electron chi connectivity index (χ1n) is 6.07. The number of hydrogen-bond donors (Lipinski definition) is 2. The van der Waals surface area contributed by atoms with Gasteiger partial charge >= 0.3 is 0 Å². The molecule has 4 heteroatoms. The first-order valence-corrected chi connectivity index (χ1v) is 6.89. The van der Waals surface area contributed by atoms with Crippen LogP contribution in [0.15, 0.2) is 0 Å². The molecule has 0 aromatic carbocycles. The number of rotatable bonds is 4. The van der Waals surface area contributed by atoms with Crippen LogP contribution in [-0.4, -0.2) is 22.7 Å². The van der Waals surface area contributed by atoms with Gasteiger partial charge in [0.25, 0.3) is 0 Å². The third-order valence-corrected chi connectivity index (χ3v) is 4.33. The summed E-state index contributed by atoms with van der Waals surface area (Å²) in [4.78, 5) is 5.98. The van der Waals surface area contributed by atoms with Crippen LogP contribution in [0.2, 0.25) is 0 Å². The minimum atomic E-state index is 0.221. The van der Waals surface area contributed by atoms with E-state index in [-0.39, 0.29) is 12.6 Å². The maximum Gasteiger partial charge on any atom is 0.0900 e. The lowest BCUT2D eigenvalue weighted by atomic mass is 9.97. The van der Waals surface area contributed by atoms with E-state index < -0.39 is 0 Å². The third kappa shape index (κ3) is 2.44. The Morgan fingerprint density at radius 2 is 2.44 bits per heavy atom. The molecule has 0 bridgehead atoms. The molecule has 16 heavy (non-hydrogen) atoms. The predicted molar refractivity (Wildman–Crippen MR) is 66.8 cm³/mol. The molecule has 0 fully saturated rings. The molecule has 3 nitrogen and oxygen atoms in total. The number of fused-ring (bicyclic) bond motifs is 1. The van der Waals surface area contributed by atoms with Crippen molar-refractivity contribution in [1.29, 1.82) is 0 Å². The summed E-state index contributed by atoms with van der Waals surface area (Å²) in [7, 11) is 0. The monoisotopic (exact) mass is 240 g/mol. The fourth-order valence-corrected chi connectivity index (χ4v) is 3.35. The van der Waals surface area contributed by atoms with Crippen LogP contribution in [0.1, 0.15) is 47.8 Å². The van der Waals surface area contributed by atoms with Gasteiger partial charge in [-0.15, -0.1) is 11.3 Å². The van der Waals surface area contributed by atoms with Gasteiger partial charge in [-0.05, 0) is 32.6 Å². The molecule has 0 radical (unpaired) electrons. The Balaban J connectivity index is 2.12. The molecule has 0 amide bonds. The Kier molecular flexibility index (Phi) is 3.95. The first-order chi connectivity index (χ1) is 7.74. The zero-order valence-corrected chi connectivity index (χ0v) is 10.8. The van der Waals surface area contributed by atoms with Crippen LogP contribution >= 0.6 is 11.3 Å². The lowest BCUT2D eigenvalue weighted by molar-refractivity contribution is 0.224. The normalized spacial score (nSPS) is 21.8. The Morgan fingerprint density at radius 3 is 3.12 bits per heavy atom. The van der Waals surface area contributed by atoms with E-state index in [4.69, 9.17) is 0 Å². The van der Waals surface area contributed by atoms with Crippen molar-refractivity contribution in [3.8, 4) is 0 Å². The van der Waals surface area contributed by atoms with Crippen molar-refractivity contribution in [2.24, 2.45) is 0 Å². The molecule has 2 atom stereocenters. The second kappa shape index (κ2) is 5.25. The number of aromatic nitrogens is 1. The highest BCUT2D eigenvalue weighted by atomic mass is 32.1. The van der Waals surface area contributed by atoms with Crippen molar-refractivity contribution < 1.29 is 5.11 Å². The summed E-state index contributed by atoms with van der Waals surface area (Å²) in [5.41, 5.74) is 1.28. The summed E-state index contributed by atoms with van der Waals surface area (Å²) in [6.07, 6.45) is 4.47. The van der Waals surface area contributed by atoms with Crippen molar-refractivity contribution >= 4 is 11.3 Å². The topological polar surface area (TPSA) is 45.1 Å². The fraction of sp³-hybridized carbons (Fsp3) is 0.750. The number of nitrogens with zero attached hydrogens (tertiary/aromatic N) is 1. The van der Waals surface area contributed by atoms with Crippen molar-refractivity contribution in [3.63, 3.8) is 0 Å². The second-order valence-corrected chi connectivity index (χ2v) is 5.68. The maximum atomic E-state index is 9.24. The molecule has 1 heterocycles. The molecule has 1 aliphatic carbocycles. The van der Waals surface area contributed by atoms with Gasteiger partial charge in [0.1, 0.15) is 0 Å². The number of hydrogen-bond acceptors (Lipinski definition) is 4. The van der Waals surface area contributed by atoms with E-state index >= 15 is 0 Å². The molecule has 0 saturated carbocycles. The quantitative estimate of drug-likeness (QED) is 0.848. The lowest BCUT2D eigenvalue weighted by Gasteiger charge is -2.26. The van der Waals surface area contributed by atoms with Gasteiger partial charge in [-0.25, -0.2) is 4.98 Å². The first kappa shape index (κ1) is 12.0. The zero-order valence-electron chi connectivity index (χ0n) is 9.99. The van der Waals surface area contributed by atoms with Gasteiger partial charge in [0.2, 0.25) is 0 Å². The van der Waals surface area contributed by atoms with Gasteiger partial charge in [0.15, 0.2) is 0 Å². The summed E-state index contributed by atoms with van der Waals surface area (Å²) in [6.45, 7) is 4.40. The second-order valence-electron chi connectivity index (χ2n) is 4.44. The van der Waals surface area contributed by atoms with E-state index in [1.165, 1.54) is 23.4 Å². The Morgan fingerprint density at radius 1 is 1.62 bits per heavy atom. The van der Waals surface area contributed by atoms with Crippen LogP contribution in [0.3, 0.4) is 0 Å². The minimum Gasteiger partial charge on any atom is -0.395 e. The van der Waals surface area contributed by atoms with Gasteiger partial charge in [-0.3, -0.25) is 0 Å². The highest BCUT2D eigenvalue weighted by Gasteiger charge is 2.25. The molecule has 1 aromatic rings. The van der Waals surface area contributed by atoms with Crippen LogP contribution in [0.5, 0.6) is 0 Å². The van der Waals surface area contributed by atoms with E-state index in [0.717, 1.165) is 17.8 Å². The Hall–Kier alpha value is -0.450. The van der Waals surface area contributed by atoms with Crippen molar-refractivity contribution in [1.82, 2.24) is 10.3 Å². The summed E-state index contributed by atoms with van der Waals surface area (Å²) in [5.74, 6) is 0. The van der Waals surface area contributed by atoms with Gasteiger partial charge in [-0.2, -0.15) is 0 Å². The maximum absolute atomic E-state index is 9.24. The molecule has 0 saturated heterocycles. The number of thiazole rings is 1. The summed E-state index contributed by atoms with van der Waals surface area (Å²) >= 11 is 1.81. The molecule has 2 rings (SSSR count). The zero-order chi connectivity index (χ0) is 11.5. The van der Waals surface area contributed by atoms with E-state index in [1.54, 1.807) is 11.3 Å². The Labute approximate surface area is 101 Å². The average Bonchev–Trinajstić information content (AvgIpc) is 2.67. The average molecular weight is 240 g/mol. The highest BCUT2D eigenvalue weighted by Crippen LogP contribution is 2.34. The highest BCUT2D eigenvalue weighted by molar-refractivity contribution is 7.11. The van der Waals surface area contributed by atoms with Gasteiger partial charge in [0, 0.05) is 17.0 Å². The predicted octanol–water partition coefficient (Wildman–Crippen LogP) is 2.19. The van der Waals surface area contributed by atoms with E-state index in [1.807, 2.05) is 0 Å². The summed E-state index contributed by atoms with van der Waals surface area (Å²) < 4.78 is 0. The number of aryl methyl sites for hydroxylation is 2. The SMILES string of the molecule is CC[C@H](CO)NC1CCCc2nc(C)sc21. The molecule has 90 valence electrons. The van der Waals surface area contributed by atoms with Gasteiger partial charge < -0.3 is 10.4 Å². The molecular weight excluding hydrogens is 220 g/mol. The molecule has 2 N–H and O–H groups in total. The van der Waals surface area contributed by atoms with Crippen molar-refractivity contribution in [3.05, 3.63) is 15.6 Å². The number of aliphatic hydroxyl groups excluding tert-OH is 1. The van der Waals surface area contributed by atoms with Crippen LogP contribution in [0.25, 0.3) is 0 Å². The minimum absolute atomic E-state index is 0.221.